The summed E-state index contributed by atoms with van der Waals surface area (Å²) in [4.78, 5) is 25.6. The number of benzene rings is 1. The standard InChI is InChI=1S/C20H19ClN4O/c21-17-3-4-18-16(14-17)2-5-19(23-18)24-10-1-11-25(13-12-24)20(26)15-6-8-22-9-7-15/h2-9,14H,1,10-13H2. The van der Waals surface area contributed by atoms with Crippen molar-refractivity contribution in [1.29, 1.82) is 0 Å². The van der Waals surface area contributed by atoms with Crippen molar-refractivity contribution in [3.63, 3.8) is 0 Å². The van der Waals surface area contributed by atoms with Gasteiger partial charge in [-0.1, -0.05) is 11.6 Å². The molecule has 1 aliphatic rings. The van der Waals surface area contributed by atoms with Crippen molar-refractivity contribution in [2.45, 2.75) is 6.42 Å². The number of carbonyl (C=O) groups excluding carboxylic acids is 1. The fraction of sp³-hybridized carbons (Fsp3) is 0.250. The molecule has 0 N–H and O–H groups in total. The third-order valence-electron chi connectivity index (χ3n) is 4.67. The van der Waals surface area contributed by atoms with E-state index < -0.39 is 0 Å². The summed E-state index contributed by atoms with van der Waals surface area (Å²) in [5, 5.41) is 1.75. The highest BCUT2D eigenvalue weighted by Crippen LogP contribution is 2.22. The number of hydrogen-bond acceptors (Lipinski definition) is 4. The van der Waals surface area contributed by atoms with Gasteiger partial charge in [0, 0.05) is 54.5 Å². The van der Waals surface area contributed by atoms with E-state index in [0.717, 1.165) is 42.8 Å². The van der Waals surface area contributed by atoms with Gasteiger partial charge in [0.1, 0.15) is 5.82 Å². The molecule has 3 aromatic rings. The van der Waals surface area contributed by atoms with Crippen LogP contribution in [0.25, 0.3) is 10.9 Å². The van der Waals surface area contributed by atoms with Crippen molar-refractivity contribution < 1.29 is 4.79 Å². The van der Waals surface area contributed by atoms with Crippen molar-refractivity contribution in [2.75, 3.05) is 31.1 Å². The monoisotopic (exact) mass is 366 g/mol. The van der Waals surface area contributed by atoms with Crippen LogP contribution in [0.15, 0.2) is 54.9 Å². The summed E-state index contributed by atoms with van der Waals surface area (Å²) in [5.41, 5.74) is 1.62. The Morgan fingerprint density at radius 2 is 1.81 bits per heavy atom. The molecule has 26 heavy (non-hydrogen) atoms. The van der Waals surface area contributed by atoms with Crippen LogP contribution in [-0.2, 0) is 0 Å². The minimum absolute atomic E-state index is 0.0652. The molecule has 1 aliphatic heterocycles. The van der Waals surface area contributed by atoms with Crippen LogP contribution in [0.3, 0.4) is 0 Å². The molecule has 2 aromatic heterocycles. The zero-order valence-electron chi connectivity index (χ0n) is 14.3. The first-order chi connectivity index (χ1) is 12.7. The van der Waals surface area contributed by atoms with E-state index in [1.165, 1.54) is 0 Å². The van der Waals surface area contributed by atoms with Gasteiger partial charge >= 0.3 is 0 Å². The first-order valence-corrected chi connectivity index (χ1v) is 9.09. The highest BCUT2D eigenvalue weighted by atomic mass is 35.5. The first-order valence-electron chi connectivity index (χ1n) is 8.71. The lowest BCUT2D eigenvalue weighted by Crippen LogP contribution is -2.35. The van der Waals surface area contributed by atoms with Gasteiger partial charge in [-0.2, -0.15) is 0 Å². The van der Waals surface area contributed by atoms with E-state index in [0.29, 0.717) is 17.1 Å². The van der Waals surface area contributed by atoms with Crippen molar-refractivity contribution in [2.24, 2.45) is 0 Å². The SMILES string of the molecule is O=C(c1ccncc1)N1CCCN(c2ccc3cc(Cl)ccc3n2)CC1. The summed E-state index contributed by atoms with van der Waals surface area (Å²) in [5.74, 6) is 1.01. The molecule has 4 rings (SSSR count). The molecule has 0 aliphatic carbocycles. The van der Waals surface area contributed by atoms with Crippen molar-refractivity contribution in [3.05, 3.63) is 65.4 Å². The molecule has 0 unspecified atom stereocenters. The van der Waals surface area contributed by atoms with Gasteiger partial charge < -0.3 is 9.80 Å². The van der Waals surface area contributed by atoms with Crippen molar-refractivity contribution in [1.82, 2.24) is 14.9 Å². The van der Waals surface area contributed by atoms with E-state index in [1.807, 2.05) is 35.2 Å². The lowest BCUT2D eigenvalue weighted by Gasteiger charge is -2.23. The molecule has 0 radical (unpaired) electrons. The molecule has 1 amide bonds. The molecule has 0 spiro atoms. The van der Waals surface area contributed by atoms with Gasteiger partial charge in [0.2, 0.25) is 0 Å². The fourth-order valence-corrected chi connectivity index (χ4v) is 3.47. The number of amides is 1. The van der Waals surface area contributed by atoms with Gasteiger partial charge in [0.15, 0.2) is 0 Å². The molecule has 132 valence electrons. The smallest absolute Gasteiger partial charge is 0.254 e. The lowest BCUT2D eigenvalue weighted by molar-refractivity contribution is 0.0767. The van der Waals surface area contributed by atoms with Crippen LogP contribution in [-0.4, -0.2) is 47.0 Å². The largest absolute Gasteiger partial charge is 0.355 e. The normalized spacial score (nSPS) is 15.1. The molecule has 3 heterocycles. The average Bonchev–Trinajstić information content (AvgIpc) is 2.94. The third-order valence-corrected chi connectivity index (χ3v) is 4.91. The molecule has 6 heteroatoms. The topological polar surface area (TPSA) is 49.3 Å². The maximum absolute atomic E-state index is 12.7. The van der Waals surface area contributed by atoms with Crippen LogP contribution in [0.1, 0.15) is 16.8 Å². The van der Waals surface area contributed by atoms with Crippen LogP contribution in [0.4, 0.5) is 5.82 Å². The summed E-state index contributed by atoms with van der Waals surface area (Å²) in [6.07, 6.45) is 4.22. The Hall–Kier alpha value is -2.66. The minimum Gasteiger partial charge on any atom is -0.355 e. The van der Waals surface area contributed by atoms with Crippen LogP contribution < -0.4 is 4.90 Å². The minimum atomic E-state index is 0.0652. The Bertz CT molecular complexity index is 932. The number of nitrogens with zero attached hydrogens (tertiary/aromatic N) is 4. The molecule has 5 nitrogen and oxygen atoms in total. The molecular weight excluding hydrogens is 348 g/mol. The number of fused-ring (bicyclic) bond motifs is 1. The highest BCUT2D eigenvalue weighted by Gasteiger charge is 2.21. The van der Waals surface area contributed by atoms with Crippen molar-refractivity contribution in [3.8, 4) is 0 Å². The number of aromatic nitrogens is 2. The molecule has 1 saturated heterocycles. The van der Waals surface area contributed by atoms with E-state index in [4.69, 9.17) is 16.6 Å². The van der Waals surface area contributed by atoms with Gasteiger partial charge in [0.25, 0.3) is 5.91 Å². The van der Waals surface area contributed by atoms with Gasteiger partial charge in [-0.05, 0) is 48.9 Å². The second-order valence-electron chi connectivity index (χ2n) is 6.38. The summed E-state index contributed by atoms with van der Waals surface area (Å²) >= 11 is 6.05. The number of pyridine rings is 2. The van der Waals surface area contributed by atoms with Crippen LogP contribution >= 0.6 is 11.6 Å². The Kier molecular flexibility index (Phi) is 4.71. The molecule has 0 bridgehead atoms. The summed E-state index contributed by atoms with van der Waals surface area (Å²) < 4.78 is 0. The predicted octanol–water partition coefficient (Wildman–Crippen LogP) is 3.64. The zero-order valence-corrected chi connectivity index (χ0v) is 15.1. The molecular formula is C20H19ClN4O. The van der Waals surface area contributed by atoms with Crippen LogP contribution in [0.2, 0.25) is 5.02 Å². The Balaban J connectivity index is 1.50. The second-order valence-corrected chi connectivity index (χ2v) is 6.81. The van der Waals surface area contributed by atoms with Crippen molar-refractivity contribution >= 4 is 34.2 Å². The first kappa shape index (κ1) is 16.8. The lowest BCUT2D eigenvalue weighted by atomic mass is 10.2. The molecule has 1 aromatic carbocycles. The van der Waals surface area contributed by atoms with E-state index in [2.05, 4.69) is 9.88 Å². The number of carbonyl (C=O) groups is 1. The second kappa shape index (κ2) is 7.30. The van der Waals surface area contributed by atoms with E-state index in [1.54, 1.807) is 24.5 Å². The van der Waals surface area contributed by atoms with E-state index in [9.17, 15) is 4.79 Å². The predicted molar refractivity (Wildman–Crippen MR) is 104 cm³/mol. The highest BCUT2D eigenvalue weighted by molar-refractivity contribution is 6.31. The van der Waals surface area contributed by atoms with E-state index >= 15 is 0 Å². The quantitative estimate of drug-likeness (QED) is 0.694. The number of anilines is 1. The summed E-state index contributed by atoms with van der Waals surface area (Å²) in [6.45, 7) is 3.08. The Labute approximate surface area is 157 Å². The fourth-order valence-electron chi connectivity index (χ4n) is 3.29. The molecule has 1 fully saturated rings. The number of halogens is 1. The number of rotatable bonds is 2. The maximum Gasteiger partial charge on any atom is 0.254 e. The van der Waals surface area contributed by atoms with Crippen LogP contribution in [0, 0.1) is 0 Å². The van der Waals surface area contributed by atoms with Gasteiger partial charge in [-0.25, -0.2) is 4.98 Å². The number of hydrogen-bond donors (Lipinski definition) is 0. The zero-order chi connectivity index (χ0) is 17.9. The van der Waals surface area contributed by atoms with E-state index in [-0.39, 0.29) is 5.91 Å². The maximum atomic E-state index is 12.7. The summed E-state index contributed by atoms with van der Waals surface area (Å²) in [6, 6.07) is 13.3. The Morgan fingerprint density at radius 3 is 2.65 bits per heavy atom. The Morgan fingerprint density at radius 1 is 0.962 bits per heavy atom. The summed E-state index contributed by atoms with van der Waals surface area (Å²) in [7, 11) is 0. The van der Waals surface area contributed by atoms with Gasteiger partial charge in [0.05, 0.1) is 5.52 Å². The van der Waals surface area contributed by atoms with Gasteiger partial charge in [-0.15, -0.1) is 0 Å². The third kappa shape index (κ3) is 3.48. The van der Waals surface area contributed by atoms with Crippen LogP contribution in [0.5, 0.6) is 0 Å². The average molecular weight is 367 g/mol. The molecule has 0 saturated carbocycles. The van der Waals surface area contributed by atoms with Gasteiger partial charge in [-0.3, -0.25) is 9.78 Å². The molecule has 0 atom stereocenters.